The van der Waals surface area contributed by atoms with E-state index in [9.17, 15) is 14.0 Å². The molecular formula is C26H33ClFN3O3S. The number of carbonyl (C=O) groups is 2. The van der Waals surface area contributed by atoms with Crippen molar-refractivity contribution < 1.29 is 18.7 Å². The number of thiol groups is 1. The first kappa shape index (κ1) is 27.4. The second-order valence-corrected chi connectivity index (χ2v) is 9.65. The number of ether oxygens (including phenoxy) is 1. The maximum Gasteiger partial charge on any atom is 0.306 e. The average Bonchev–Trinajstić information content (AvgIpc) is 3.58. The standard InChI is InChI=1S/C26H32FN3O3S.ClH/c1-2-33-24(31)10-7-18-15-28-30(16-18)14-11-20-17-29(13-12-23(20)34)25(26(32)19-8-9-19)21-5-3-4-6-22(21)27;/h3-6,11,15-16,19,23,25,34H,2,7-10,12-14,17H2,1H3;1H/b20-11-;. The number of halogens is 2. The zero-order valence-electron chi connectivity index (χ0n) is 19.9. The van der Waals surface area contributed by atoms with Crippen molar-refractivity contribution in [3.05, 3.63) is 65.3 Å². The van der Waals surface area contributed by atoms with Crippen molar-refractivity contribution in [1.82, 2.24) is 14.7 Å². The SMILES string of the molecule is CCOC(=O)CCc1cnn(C/C=C2/CN(C(C(=O)C3CC3)c3ccccc3F)CCC2S)c1.Cl. The zero-order chi connectivity index (χ0) is 24.1. The number of Topliss-reactive ketones (excluding diaryl/α,β-unsaturated/α-hetero) is 1. The molecular weight excluding hydrogens is 489 g/mol. The molecule has 1 aliphatic heterocycles. The Morgan fingerprint density at radius 1 is 1.29 bits per heavy atom. The molecule has 2 unspecified atom stereocenters. The van der Waals surface area contributed by atoms with E-state index in [0.29, 0.717) is 44.6 Å². The summed E-state index contributed by atoms with van der Waals surface area (Å²) in [5.74, 6) is -0.363. The summed E-state index contributed by atoms with van der Waals surface area (Å²) < 4.78 is 21.5. The number of piperidine rings is 1. The van der Waals surface area contributed by atoms with Gasteiger partial charge >= 0.3 is 5.97 Å². The van der Waals surface area contributed by atoms with Crippen LogP contribution in [0.2, 0.25) is 0 Å². The molecule has 0 spiro atoms. The van der Waals surface area contributed by atoms with Crippen LogP contribution in [0.25, 0.3) is 0 Å². The highest BCUT2D eigenvalue weighted by Gasteiger charge is 2.40. The molecule has 2 heterocycles. The normalized spacial score (nSPS) is 20.3. The van der Waals surface area contributed by atoms with Gasteiger partial charge in [0.2, 0.25) is 0 Å². The van der Waals surface area contributed by atoms with Crippen molar-refractivity contribution in [1.29, 1.82) is 0 Å². The monoisotopic (exact) mass is 521 g/mol. The lowest BCUT2D eigenvalue weighted by Gasteiger charge is -2.37. The van der Waals surface area contributed by atoms with Gasteiger partial charge in [0.25, 0.3) is 0 Å². The maximum absolute atomic E-state index is 14.7. The van der Waals surface area contributed by atoms with Crippen LogP contribution in [0, 0.1) is 11.7 Å². The number of carbonyl (C=O) groups excluding carboxylic acids is 2. The van der Waals surface area contributed by atoms with E-state index in [1.54, 1.807) is 31.3 Å². The van der Waals surface area contributed by atoms with Crippen LogP contribution in [0.4, 0.5) is 4.39 Å². The number of rotatable bonds is 10. The minimum Gasteiger partial charge on any atom is -0.466 e. The molecule has 0 N–H and O–H groups in total. The Bertz CT molecular complexity index is 1060. The Hall–Kier alpha value is -2.16. The second kappa shape index (κ2) is 12.7. The molecule has 1 aromatic carbocycles. The molecule has 1 saturated carbocycles. The van der Waals surface area contributed by atoms with Crippen molar-refractivity contribution in [2.45, 2.75) is 56.9 Å². The van der Waals surface area contributed by atoms with Gasteiger partial charge in [-0.2, -0.15) is 17.7 Å². The summed E-state index contributed by atoms with van der Waals surface area (Å²) in [6.45, 7) is 4.02. The number of hydrogen-bond donors (Lipinski definition) is 1. The summed E-state index contributed by atoms with van der Waals surface area (Å²) in [5.41, 5.74) is 2.56. The quantitative estimate of drug-likeness (QED) is 0.281. The molecule has 1 aliphatic carbocycles. The van der Waals surface area contributed by atoms with Crippen LogP contribution in [0.5, 0.6) is 0 Å². The molecule has 2 atom stereocenters. The molecule has 190 valence electrons. The Kier molecular flexibility index (Phi) is 9.95. The summed E-state index contributed by atoms with van der Waals surface area (Å²) in [4.78, 5) is 26.9. The predicted octanol–water partition coefficient (Wildman–Crippen LogP) is 4.59. The van der Waals surface area contributed by atoms with Gasteiger partial charge in [0, 0.05) is 42.4 Å². The minimum absolute atomic E-state index is 0. The van der Waals surface area contributed by atoms with Crippen molar-refractivity contribution in [2.24, 2.45) is 5.92 Å². The first-order chi connectivity index (χ1) is 16.5. The molecule has 9 heteroatoms. The van der Waals surface area contributed by atoms with Gasteiger partial charge in [0.1, 0.15) is 5.82 Å². The lowest BCUT2D eigenvalue weighted by atomic mass is 9.93. The third kappa shape index (κ3) is 7.18. The lowest BCUT2D eigenvalue weighted by Crippen LogP contribution is -2.42. The number of benzene rings is 1. The smallest absolute Gasteiger partial charge is 0.306 e. The highest BCUT2D eigenvalue weighted by Crippen LogP contribution is 2.39. The topological polar surface area (TPSA) is 64.4 Å². The Balaban J connectivity index is 0.00000342. The third-order valence-electron chi connectivity index (χ3n) is 6.47. The van der Waals surface area contributed by atoms with E-state index in [4.69, 9.17) is 17.4 Å². The van der Waals surface area contributed by atoms with E-state index in [2.05, 4.69) is 16.1 Å². The van der Waals surface area contributed by atoms with Gasteiger partial charge in [-0.3, -0.25) is 19.2 Å². The molecule has 1 saturated heterocycles. The molecule has 0 bridgehead atoms. The Labute approximate surface area is 217 Å². The number of allylic oxidation sites excluding steroid dienone is 1. The van der Waals surface area contributed by atoms with Crippen LogP contribution in [0.1, 0.15) is 49.8 Å². The molecule has 35 heavy (non-hydrogen) atoms. The molecule has 0 amide bonds. The maximum atomic E-state index is 14.7. The van der Waals surface area contributed by atoms with Crippen LogP contribution in [0.15, 0.2) is 48.3 Å². The van der Waals surface area contributed by atoms with E-state index >= 15 is 0 Å². The van der Waals surface area contributed by atoms with E-state index in [1.807, 2.05) is 10.9 Å². The summed E-state index contributed by atoms with van der Waals surface area (Å²) >= 11 is 4.77. The van der Waals surface area contributed by atoms with Crippen molar-refractivity contribution in [3.63, 3.8) is 0 Å². The number of esters is 1. The van der Waals surface area contributed by atoms with Crippen molar-refractivity contribution >= 4 is 36.8 Å². The van der Waals surface area contributed by atoms with Gasteiger partial charge in [-0.1, -0.05) is 24.3 Å². The summed E-state index contributed by atoms with van der Waals surface area (Å²) in [6.07, 6.45) is 9.32. The average molecular weight is 522 g/mol. The van der Waals surface area contributed by atoms with Crippen LogP contribution in [0.3, 0.4) is 0 Å². The molecule has 1 aromatic heterocycles. The first-order valence-electron chi connectivity index (χ1n) is 12.0. The summed E-state index contributed by atoms with van der Waals surface area (Å²) in [7, 11) is 0. The second-order valence-electron chi connectivity index (χ2n) is 9.03. The highest BCUT2D eigenvalue weighted by molar-refractivity contribution is 7.81. The van der Waals surface area contributed by atoms with Crippen LogP contribution in [-0.4, -0.2) is 51.4 Å². The predicted molar refractivity (Wildman–Crippen MR) is 138 cm³/mol. The van der Waals surface area contributed by atoms with Gasteiger partial charge in [-0.15, -0.1) is 12.4 Å². The van der Waals surface area contributed by atoms with E-state index < -0.39 is 6.04 Å². The largest absolute Gasteiger partial charge is 0.466 e. The molecule has 0 radical (unpaired) electrons. The van der Waals surface area contributed by atoms with Gasteiger partial charge in [-0.25, -0.2) is 4.39 Å². The van der Waals surface area contributed by atoms with Gasteiger partial charge in [0.05, 0.1) is 25.4 Å². The van der Waals surface area contributed by atoms with Gasteiger partial charge < -0.3 is 4.74 Å². The number of aromatic nitrogens is 2. The van der Waals surface area contributed by atoms with Crippen LogP contribution in [-0.2, 0) is 27.3 Å². The summed E-state index contributed by atoms with van der Waals surface area (Å²) in [6, 6.07) is 6.07. The summed E-state index contributed by atoms with van der Waals surface area (Å²) in [5, 5.41) is 4.49. The van der Waals surface area contributed by atoms with Crippen LogP contribution < -0.4 is 0 Å². The fraction of sp³-hybridized carbons (Fsp3) is 0.500. The molecule has 4 rings (SSSR count). The van der Waals surface area contributed by atoms with Gasteiger partial charge in [-0.05, 0) is 49.8 Å². The number of hydrogen-bond acceptors (Lipinski definition) is 6. The third-order valence-corrected chi connectivity index (χ3v) is 7.06. The number of likely N-dealkylation sites (tertiary alicyclic amines) is 1. The van der Waals surface area contributed by atoms with Gasteiger partial charge in [0.15, 0.2) is 5.78 Å². The first-order valence-corrected chi connectivity index (χ1v) is 12.5. The van der Waals surface area contributed by atoms with Crippen molar-refractivity contribution in [2.75, 3.05) is 19.7 Å². The molecule has 2 fully saturated rings. The highest BCUT2D eigenvalue weighted by atomic mass is 35.5. The molecule has 2 aliphatic rings. The van der Waals surface area contributed by atoms with Crippen molar-refractivity contribution in [3.8, 4) is 0 Å². The lowest BCUT2D eigenvalue weighted by molar-refractivity contribution is -0.143. The van der Waals surface area contributed by atoms with Crippen LogP contribution >= 0.6 is 25.0 Å². The van der Waals surface area contributed by atoms with E-state index in [-0.39, 0.29) is 41.1 Å². The fourth-order valence-corrected chi connectivity index (χ4v) is 4.76. The Morgan fingerprint density at radius 3 is 2.77 bits per heavy atom. The number of nitrogens with zero attached hydrogens (tertiary/aromatic N) is 3. The number of ketones is 1. The zero-order valence-corrected chi connectivity index (χ0v) is 21.6. The Morgan fingerprint density at radius 2 is 2.06 bits per heavy atom. The number of aryl methyl sites for hydroxylation is 1. The molecule has 6 nitrogen and oxygen atoms in total. The molecule has 2 aromatic rings. The fourth-order valence-electron chi connectivity index (χ4n) is 4.46. The minimum atomic E-state index is -0.558. The van der Waals surface area contributed by atoms with E-state index in [0.717, 1.165) is 30.4 Å². The van der Waals surface area contributed by atoms with E-state index in [1.165, 1.54) is 6.07 Å².